The second-order valence-corrected chi connectivity index (χ2v) is 4.65. The van der Waals surface area contributed by atoms with Crippen molar-refractivity contribution in [3.05, 3.63) is 24.0 Å². The fourth-order valence-electron chi connectivity index (χ4n) is 2.33. The van der Waals surface area contributed by atoms with E-state index in [4.69, 9.17) is 5.73 Å². The van der Waals surface area contributed by atoms with Gasteiger partial charge in [0.1, 0.15) is 0 Å². The van der Waals surface area contributed by atoms with E-state index in [-0.39, 0.29) is 11.9 Å². The Labute approximate surface area is 101 Å². The lowest BCUT2D eigenvalue weighted by Crippen LogP contribution is -2.49. The van der Waals surface area contributed by atoms with Crippen LogP contribution in [0.3, 0.4) is 0 Å². The minimum atomic E-state index is 0.0160. The molecule has 2 atom stereocenters. The number of rotatable bonds is 2. The maximum Gasteiger partial charge on any atom is 0.255 e. The average Bonchev–Trinajstić information content (AvgIpc) is 2.39. The van der Waals surface area contributed by atoms with Crippen molar-refractivity contribution in [2.24, 2.45) is 11.7 Å². The zero-order chi connectivity index (χ0) is 12.3. The summed E-state index contributed by atoms with van der Waals surface area (Å²) in [5.74, 6) is 0.658. The summed E-state index contributed by atoms with van der Waals surface area (Å²) in [4.78, 5) is 14.2. The normalized spacial score (nSPS) is 24.7. The van der Waals surface area contributed by atoms with Gasteiger partial charge >= 0.3 is 0 Å². The molecule has 5 heteroatoms. The molecule has 2 heterocycles. The Hall–Kier alpha value is -1.49. The van der Waals surface area contributed by atoms with Gasteiger partial charge in [0.15, 0.2) is 0 Å². The quantitative estimate of drug-likeness (QED) is 0.816. The van der Waals surface area contributed by atoms with Crippen LogP contribution in [0.4, 0.5) is 0 Å². The predicted octanol–water partition coefficient (Wildman–Crippen LogP) is 0.676. The molecule has 1 aliphatic rings. The first-order valence-electron chi connectivity index (χ1n) is 6.00. The number of hydrogen-bond acceptors (Lipinski definition) is 4. The van der Waals surface area contributed by atoms with Crippen molar-refractivity contribution >= 4 is 5.91 Å². The van der Waals surface area contributed by atoms with Gasteiger partial charge < -0.3 is 10.6 Å². The molecular weight excluding hydrogens is 216 g/mol. The van der Waals surface area contributed by atoms with E-state index in [9.17, 15) is 4.79 Å². The summed E-state index contributed by atoms with van der Waals surface area (Å²) in [6, 6.07) is 1.85. The summed E-state index contributed by atoms with van der Waals surface area (Å²) in [5.41, 5.74) is 6.34. The fourth-order valence-corrected chi connectivity index (χ4v) is 2.33. The van der Waals surface area contributed by atoms with Crippen molar-refractivity contribution in [3.63, 3.8) is 0 Å². The largest absolute Gasteiger partial charge is 0.334 e. The van der Waals surface area contributed by atoms with Gasteiger partial charge in [-0.3, -0.25) is 4.79 Å². The molecule has 1 aromatic heterocycles. The number of nitrogens with zero attached hydrogens (tertiary/aromatic N) is 3. The van der Waals surface area contributed by atoms with Crippen LogP contribution in [0, 0.1) is 5.92 Å². The van der Waals surface area contributed by atoms with E-state index >= 15 is 0 Å². The van der Waals surface area contributed by atoms with Gasteiger partial charge in [0.25, 0.3) is 5.91 Å². The van der Waals surface area contributed by atoms with Crippen molar-refractivity contribution in [2.45, 2.75) is 25.8 Å². The number of amides is 1. The van der Waals surface area contributed by atoms with Crippen LogP contribution in [-0.4, -0.2) is 40.1 Å². The van der Waals surface area contributed by atoms with Crippen molar-refractivity contribution in [1.29, 1.82) is 0 Å². The predicted molar refractivity (Wildman–Crippen MR) is 64.3 cm³/mol. The summed E-state index contributed by atoms with van der Waals surface area (Å²) in [6.45, 7) is 3.51. The number of carbonyl (C=O) groups is 1. The number of likely N-dealkylation sites (tertiary alicyclic amines) is 1. The molecule has 2 rings (SSSR count). The molecule has 0 saturated carbocycles. The molecule has 0 aliphatic carbocycles. The Morgan fingerprint density at radius 2 is 2.41 bits per heavy atom. The topological polar surface area (TPSA) is 72.1 Å². The lowest BCUT2D eigenvalue weighted by molar-refractivity contribution is 0.0573. The van der Waals surface area contributed by atoms with Gasteiger partial charge in [-0.05, 0) is 24.8 Å². The standard InChI is InChI=1S/C12H18N4O/c1-9-3-5-16(11(6-9)7-13)12(17)10-2-4-14-15-8-10/h2,4,8-9,11H,3,5-7,13H2,1H3. The number of carbonyl (C=O) groups excluding carboxylic acids is 1. The monoisotopic (exact) mass is 234 g/mol. The molecule has 0 spiro atoms. The van der Waals surface area contributed by atoms with E-state index < -0.39 is 0 Å². The molecule has 2 unspecified atom stereocenters. The van der Waals surface area contributed by atoms with Gasteiger partial charge in [-0.2, -0.15) is 10.2 Å². The van der Waals surface area contributed by atoms with E-state index in [1.54, 1.807) is 6.07 Å². The maximum atomic E-state index is 12.3. The first-order chi connectivity index (χ1) is 8.22. The summed E-state index contributed by atoms with van der Waals surface area (Å²) < 4.78 is 0. The Morgan fingerprint density at radius 1 is 1.59 bits per heavy atom. The maximum absolute atomic E-state index is 12.3. The molecule has 17 heavy (non-hydrogen) atoms. The SMILES string of the molecule is CC1CCN(C(=O)c2ccnnc2)C(CN)C1. The molecule has 92 valence electrons. The number of aromatic nitrogens is 2. The van der Waals surface area contributed by atoms with E-state index in [1.807, 2.05) is 4.90 Å². The third-order valence-corrected chi connectivity index (χ3v) is 3.34. The van der Waals surface area contributed by atoms with Gasteiger partial charge in [0.2, 0.25) is 0 Å². The lowest BCUT2D eigenvalue weighted by atomic mass is 9.92. The Balaban J connectivity index is 2.13. The first-order valence-corrected chi connectivity index (χ1v) is 6.00. The van der Waals surface area contributed by atoms with Crippen LogP contribution in [0.25, 0.3) is 0 Å². The van der Waals surface area contributed by atoms with E-state index in [2.05, 4.69) is 17.1 Å². The van der Waals surface area contributed by atoms with E-state index in [0.29, 0.717) is 18.0 Å². The minimum Gasteiger partial charge on any atom is -0.334 e. The Morgan fingerprint density at radius 3 is 3.06 bits per heavy atom. The van der Waals surface area contributed by atoms with Gasteiger partial charge in [0.05, 0.1) is 18.0 Å². The molecule has 1 fully saturated rings. The zero-order valence-corrected chi connectivity index (χ0v) is 10.0. The van der Waals surface area contributed by atoms with E-state index in [0.717, 1.165) is 19.4 Å². The highest BCUT2D eigenvalue weighted by atomic mass is 16.2. The molecule has 1 saturated heterocycles. The molecule has 0 bridgehead atoms. The van der Waals surface area contributed by atoms with Crippen LogP contribution in [0.2, 0.25) is 0 Å². The molecule has 1 aliphatic heterocycles. The van der Waals surface area contributed by atoms with Crippen molar-refractivity contribution in [3.8, 4) is 0 Å². The van der Waals surface area contributed by atoms with Crippen LogP contribution in [0.5, 0.6) is 0 Å². The molecule has 1 amide bonds. The summed E-state index contributed by atoms with van der Waals surface area (Å²) in [6.07, 6.45) is 5.08. The van der Waals surface area contributed by atoms with Gasteiger partial charge in [0, 0.05) is 19.1 Å². The third kappa shape index (κ3) is 2.61. The fraction of sp³-hybridized carbons (Fsp3) is 0.583. The Kier molecular flexibility index (Phi) is 3.68. The van der Waals surface area contributed by atoms with Crippen molar-refractivity contribution in [1.82, 2.24) is 15.1 Å². The van der Waals surface area contributed by atoms with Gasteiger partial charge in [-0.1, -0.05) is 6.92 Å². The third-order valence-electron chi connectivity index (χ3n) is 3.34. The van der Waals surface area contributed by atoms with Crippen LogP contribution in [0.15, 0.2) is 18.5 Å². The van der Waals surface area contributed by atoms with Crippen LogP contribution in [0.1, 0.15) is 30.1 Å². The Bertz CT molecular complexity index is 381. The molecule has 1 aromatic rings. The molecule has 5 nitrogen and oxygen atoms in total. The van der Waals surface area contributed by atoms with Gasteiger partial charge in [-0.15, -0.1) is 0 Å². The average molecular weight is 234 g/mol. The second-order valence-electron chi connectivity index (χ2n) is 4.65. The van der Waals surface area contributed by atoms with Gasteiger partial charge in [-0.25, -0.2) is 0 Å². The summed E-state index contributed by atoms with van der Waals surface area (Å²) >= 11 is 0. The van der Waals surface area contributed by atoms with Crippen LogP contribution < -0.4 is 5.73 Å². The van der Waals surface area contributed by atoms with Crippen molar-refractivity contribution in [2.75, 3.05) is 13.1 Å². The molecule has 2 N–H and O–H groups in total. The number of piperidine rings is 1. The molecule has 0 radical (unpaired) electrons. The first kappa shape index (κ1) is 12.0. The van der Waals surface area contributed by atoms with E-state index in [1.165, 1.54) is 12.4 Å². The summed E-state index contributed by atoms with van der Waals surface area (Å²) in [7, 11) is 0. The number of nitrogens with two attached hydrogens (primary N) is 1. The van der Waals surface area contributed by atoms with Crippen LogP contribution in [-0.2, 0) is 0 Å². The highest BCUT2D eigenvalue weighted by molar-refractivity contribution is 5.94. The van der Waals surface area contributed by atoms with Crippen LogP contribution >= 0.6 is 0 Å². The zero-order valence-electron chi connectivity index (χ0n) is 10.0. The molecule has 0 aromatic carbocycles. The second kappa shape index (κ2) is 5.23. The van der Waals surface area contributed by atoms with Crippen molar-refractivity contribution < 1.29 is 4.79 Å². The highest BCUT2D eigenvalue weighted by Gasteiger charge is 2.29. The lowest BCUT2D eigenvalue weighted by Gasteiger charge is -2.37. The minimum absolute atomic E-state index is 0.0160. The number of hydrogen-bond donors (Lipinski definition) is 1. The highest BCUT2D eigenvalue weighted by Crippen LogP contribution is 2.23. The summed E-state index contributed by atoms with van der Waals surface area (Å²) in [5, 5.41) is 7.42. The molecular formula is C12H18N4O. The smallest absolute Gasteiger partial charge is 0.255 e.